The Hall–Kier alpha value is -0.980. The third-order valence-electron chi connectivity index (χ3n) is 4.55. The van der Waals surface area contributed by atoms with E-state index in [-0.39, 0.29) is 0 Å². The fourth-order valence-corrected chi connectivity index (χ4v) is 4.29. The molecular weight excluding hydrogens is 312 g/mol. The maximum Gasteiger partial charge on any atom is 0.199 e. The topological polar surface area (TPSA) is 26.0 Å². The van der Waals surface area contributed by atoms with Gasteiger partial charge in [0, 0.05) is 17.3 Å². The van der Waals surface area contributed by atoms with Gasteiger partial charge in [-0.05, 0) is 62.4 Å². The van der Waals surface area contributed by atoms with Crippen molar-refractivity contribution in [3.8, 4) is 0 Å². The highest BCUT2D eigenvalue weighted by Crippen LogP contribution is 2.36. The van der Waals surface area contributed by atoms with Gasteiger partial charge in [0.15, 0.2) is 4.77 Å². The summed E-state index contributed by atoms with van der Waals surface area (Å²) in [5.74, 6) is 1.15. The van der Waals surface area contributed by atoms with Gasteiger partial charge in [-0.15, -0.1) is 11.3 Å². The standard InChI is InChI=1S/C16H22N4S2/c21-16-19(12-18-8-2-1-3-9-18)17-15(20(16)13-6-7-13)11-14-5-4-10-22-14/h4-5,10,13H,1-3,6-9,11-12H2. The van der Waals surface area contributed by atoms with Crippen molar-refractivity contribution in [1.82, 2.24) is 19.2 Å². The lowest BCUT2D eigenvalue weighted by Crippen LogP contribution is -2.32. The molecule has 2 aliphatic rings. The number of aromatic nitrogens is 3. The molecule has 2 aromatic rings. The van der Waals surface area contributed by atoms with Gasteiger partial charge in [0.25, 0.3) is 0 Å². The van der Waals surface area contributed by atoms with Crippen LogP contribution in [0, 0.1) is 4.77 Å². The predicted molar refractivity (Wildman–Crippen MR) is 91.9 cm³/mol. The Morgan fingerprint density at radius 2 is 2.05 bits per heavy atom. The van der Waals surface area contributed by atoms with Crippen LogP contribution < -0.4 is 0 Å². The lowest BCUT2D eigenvalue weighted by atomic mass is 10.1. The van der Waals surface area contributed by atoms with Gasteiger partial charge < -0.3 is 4.57 Å². The number of thiophene rings is 1. The second kappa shape index (κ2) is 6.26. The zero-order chi connectivity index (χ0) is 14.9. The molecule has 4 rings (SSSR count). The highest BCUT2D eigenvalue weighted by Gasteiger charge is 2.29. The summed E-state index contributed by atoms with van der Waals surface area (Å²) in [5, 5.41) is 7.02. The van der Waals surface area contributed by atoms with Gasteiger partial charge in [-0.1, -0.05) is 12.5 Å². The first-order valence-corrected chi connectivity index (χ1v) is 9.53. The summed E-state index contributed by atoms with van der Waals surface area (Å²) in [7, 11) is 0. The van der Waals surface area contributed by atoms with Crippen LogP contribution in [0.2, 0.25) is 0 Å². The normalized spacial score (nSPS) is 19.6. The van der Waals surface area contributed by atoms with Crippen molar-refractivity contribution in [2.75, 3.05) is 13.1 Å². The summed E-state index contributed by atoms with van der Waals surface area (Å²) >= 11 is 7.54. The number of hydrogen-bond acceptors (Lipinski definition) is 4. The van der Waals surface area contributed by atoms with Gasteiger partial charge >= 0.3 is 0 Å². The molecule has 1 saturated carbocycles. The van der Waals surface area contributed by atoms with Gasteiger partial charge in [0.05, 0.1) is 6.67 Å². The zero-order valence-electron chi connectivity index (χ0n) is 12.8. The summed E-state index contributed by atoms with van der Waals surface area (Å²) in [6.07, 6.45) is 7.38. The Labute approximate surface area is 140 Å². The fraction of sp³-hybridized carbons (Fsp3) is 0.625. The first-order valence-electron chi connectivity index (χ1n) is 8.24. The molecule has 4 nitrogen and oxygen atoms in total. The smallest absolute Gasteiger partial charge is 0.199 e. The molecule has 1 aliphatic carbocycles. The summed E-state index contributed by atoms with van der Waals surface area (Å²) in [6.45, 7) is 3.21. The van der Waals surface area contributed by atoms with E-state index < -0.39 is 0 Å². The van der Waals surface area contributed by atoms with Crippen LogP contribution in [0.25, 0.3) is 0 Å². The van der Waals surface area contributed by atoms with E-state index in [1.54, 1.807) is 11.3 Å². The van der Waals surface area contributed by atoms with Crippen molar-refractivity contribution in [3.05, 3.63) is 33.0 Å². The highest BCUT2D eigenvalue weighted by atomic mass is 32.1. The van der Waals surface area contributed by atoms with Crippen molar-refractivity contribution >= 4 is 23.6 Å². The molecule has 0 unspecified atom stereocenters. The molecule has 0 spiro atoms. The number of piperidine rings is 1. The van der Waals surface area contributed by atoms with Crippen molar-refractivity contribution in [2.24, 2.45) is 0 Å². The van der Waals surface area contributed by atoms with Crippen LogP contribution in [0.3, 0.4) is 0 Å². The van der Waals surface area contributed by atoms with E-state index in [0.29, 0.717) is 6.04 Å². The van der Waals surface area contributed by atoms with Crippen LogP contribution in [-0.4, -0.2) is 32.3 Å². The third-order valence-corrected chi connectivity index (χ3v) is 5.83. The Kier molecular flexibility index (Phi) is 4.15. The molecule has 6 heteroatoms. The summed E-state index contributed by atoms with van der Waals surface area (Å²) in [4.78, 5) is 3.85. The van der Waals surface area contributed by atoms with E-state index in [1.807, 2.05) is 0 Å². The lowest BCUT2D eigenvalue weighted by molar-refractivity contribution is 0.171. The molecule has 0 atom stereocenters. The van der Waals surface area contributed by atoms with Crippen molar-refractivity contribution in [1.29, 1.82) is 0 Å². The van der Waals surface area contributed by atoms with Gasteiger partial charge in [0.2, 0.25) is 0 Å². The Bertz CT molecular complexity index is 676. The van der Waals surface area contributed by atoms with Crippen LogP contribution in [0.15, 0.2) is 17.5 Å². The molecule has 118 valence electrons. The summed E-state index contributed by atoms with van der Waals surface area (Å²) in [5.41, 5.74) is 0. The molecule has 0 radical (unpaired) electrons. The summed E-state index contributed by atoms with van der Waals surface area (Å²) in [6, 6.07) is 4.90. The quantitative estimate of drug-likeness (QED) is 0.777. The van der Waals surface area contributed by atoms with Crippen LogP contribution in [-0.2, 0) is 13.1 Å². The van der Waals surface area contributed by atoms with Crippen LogP contribution >= 0.6 is 23.6 Å². The van der Waals surface area contributed by atoms with E-state index in [0.717, 1.165) is 23.7 Å². The minimum absolute atomic E-state index is 0.595. The van der Waals surface area contributed by atoms with E-state index in [2.05, 4.69) is 31.7 Å². The summed E-state index contributed by atoms with van der Waals surface area (Å²) < 4.78 is 5.29. The lowest BCUT2D eigenvalue weighted by Gasteiger charge is -2.25. The highest BCUT2D eigenvalue weighted by molar-refractivity contribution is 7.71. The van der Waals surface area contributed by atoms with Gasteiger partial charge in [-0.25, -0.2) is 4.68 Å². The van der Waals surface area contributed by atoms with Crippen LogP contribution in [0.4, 0.5) is 0 Å². The van der Waals surface area contributed by atoms with E-state index in [9.17, 15) is 0 Å². The largest absolute Gasteiger partial charge is 0.301 e. The van der Waals surface area contributed by atoms with Crippen molar-refractivity contribution in [3.63, 3.8) is 0 Å². The van der Waals surface area contributed by atoms with Gasteiger partial charge in [-0.2, -0.15) is 5.10 Å². The molecule has 0 bridgehead atoms. The second-order valence-electron chi connectivity index (χ2n) is 6.38. The third kappa shape index (κ3) is 3.05. The molecule has 0 aromatic carbocycles. The molecule has 1 saturated heterocycles. The average molecular weight is 335 g/mol. The second-order valence-corrected chi connectivity index (χ2v) is 7.77. The van der Waals surface area contributed by atoms with Crippen LogP contribution in [0.1, 0.15) is 48.8 Å². The monoisotopic (exact) mass is 334 g/mol. The molecule has 0 amide bonds. The Morgan fingerprint density at radius 3 is 2.73 bits per heavy atom. The number of nitrogens with zero attached hydrogens (tertiary/aromatic N) is 4. The van der Waals surface area contributed by atoms with E-state index in [4.69, 9.17) is 17.3 Å². The van der Waals surface area contributed by atoms with Crippen molar-refractivity contribution in [2.45, 2.75) is 51.2 Å². The molecule has 1 aliphatic heterocycles. The number of hydrogen-bond donors (Lipinski definition) is 0. The van der Waals surface area contributed by atoms with Gasteiger partial charge in [0.1, 0.15) is 5.82 Å². The molecule has 2 fully saturated rings. The van der Waals surface area contributed by atoms with Crippen molar-refractivity contribution < 1.29 is 0 Å². The Morgan fingerprint density at radius 1 is 1.23 bits per heavy atom. The molecule has 3 heterocycles. The average Bonchev–Trinajstić information content (AvgIpc) is 3.14. The molecular formula is C16H22N4S2. The molecule has 22 heavy (non-hydrogen) atoms. The van der Waals surface area contributed by atoms with E-state index >= 15 is 0 Å². The minimum atomic E-state index is 0.595. The SMILES string of the molecule is S=c1n(CN2CCCCC2)nc(Cc2cccs2)n1C1CC1. The number of rotatable bonds is 5. The van der Waals surface area contributed by atoms with E-state index in [1.165, 1.54) is 50.1 Å². The molecule has 0 N–H and O–H groups in total. The molecule has 2 aromatic heterocycles. The maximum atomic E-state index is 5.73. The van der Waals surface area contributed by atoms with Gasteiger partial charge in [-0.3, -0.25) is 4.90 Å². The maximum absolute atomic E-state index is 5.73. The Balaban J connectivity index is 1.60. The minimum Gasteiger partial charge on any atom is -0.301 e. The first-order chi connectivity index (χ1) is 10.8. The zero-order valence-corrected chi connectivity index (χ0v) is 14.4. The fourth-order valence-electron chi connectivity index (χ4n) is 3.24. The predicted octanol–water partition coefficient (Wildman–Crippen LogP) is 3.84. The number of likely N-dealkylation sites (tertiary alicyclic amines) is 1. The van der Waals surface area contributed by atoms with Crippen LogP contribution in [0.5, 0.6) is 0 Å². The first kappa shape index (κ1) is 14.6.